The number of aryl methyl sites for hydroxylation is 1. The molecule has 1 aliphatic rings. The number of aromatic nitrogens is 4. The third-order valence-electron chi connectivity index (χ3n) is 7.62. The number of benzene rings is 3. The van der Waals surface area contributed by atoms with E-state index in [-0.39, 0.29) is 37.2 Å². The van der Waals surface area contributed by atoms with Crippen molar-refractivity contribution >= 4 is 0 Å². The predicted molar refractivity (Wildman–Crippen MR) is 143 cm³/mol. The number of alkyl halides is 6. The predicted octanol–water partition coefficient (Wildman–Crippen LogP) is 6.37. The summed E-state index contributed by atoms with van der Waals surface area (Å²) in [6, 6.07) is 15.1. The molecule has 0 saturated carbocycles. The highest BCUT2D eigenvalue weighted by Crippen LogP contribution is 2.42. The van der Waals surface area contributed by atoms with Crippen LogP contribution in [0, 0.1) is 0 Å². The van der Waals surface area contributed by atoms with E-state index in [0.29, 0.717) is 17.9 Å². The summed E-state index contributed by atoms with van der Waals surface area (Å²) < 4.78 is 78.9. The Kier molecular flexibility index (Phi) is 7.92. The quantitative estimate of drug-likeness (QED) is 0.146. The molecule has 43 heavy (non-hydrogen) atoms. The summed E-state index contributed by atoms with van der Waals surface area (Å²) in [4.78, 5) is 1.46. The summed E-state index contributed by atoms with van der Waals surface area (Å²) in [5.74, 6) is 0.470. The van der Waals surface area contributed by atoms with Crippen LogP contribution in [0.15, 0.2) is 84.4 Å². The van der Waals surface area contributed by atoms with Crippen LogP contribution in [0.1, 0.15) is 41.2 Å². The number of tetrazole rings is 1. The van der Waals surface area contributed by atoms with E-state index in [1.165, 1.54) is 4.80 Å². The number of halogens is 6. The van der Waals surface area contributed by atoms with Gasteiger partial charge in [-0.1, -0.05) is 48.5 Å². The van der Waals surface area contributed by atoms with E-state index >= 15 is 0 Å². The molecule has 0 saturated heterocycles. The Labute approximate surface area is 242 Å². The van der Waals surface area contributed by atoms with E-state index in [1.54, 1.807) is 6.08 Å². The summed E-state index contributed by atoms with van der Waals surface area (Å²) in [7, 11) is 0. The smallest absolute Gasteiger partial charge is 0.376 e. The molecule has 0 spiro atoms. The highest BCUT2D eigenvalue weighted by Gasteiger charge is 2.42. The van der Waals surface area contributed by atoms with Gasteiger partial charge < -0.3 is 5.11 Å². The lowest BCUT2D eigenvalue weighted by atomic mass is 9.77. The van der Waals surface area contributed by atoms with E-state index in [1.807, 2.05) is 31.2 Å². The minimum atomic E-state index is -4.61. The van der Waals surface area contributed by atoms with Crippen molar-refractivity contribution in [2.24, 2.45) is 0 Å². The SMILES string of the molecule is CCn1nnc(-c2ccc(C[N+]3(O)CC=C(C(O)(c4ccc(C(F)(F)F)cc4)c4ccc(C(F)(F)F)cc4)CC3)cc2)n1. The Bertz CT molecular complexity index is 1540. The highest BCUT2D eigenvalue weighted by atomic mass is 19.4. The normalized spacial score (nSPS) is 18.0. The van der Waals surface area contributed by atoms with Gasteiger partial charge in [-0.25, -0.2) is 5.21 Å². The van der Waals surface area contributed by atoms with Gasteiger partial charge in [-0.3, -0.25) is 0 Å². The fraction of sp³-hybridized carbons (Fsp3) is 0.300. The monoisotopic (exact) mass is 604 g/mol. The van der Waals surface area contributed by atoms with Gasteiger partial charge >= 0.3 is 12.4 Å². The van der Waals surface area contributed by atoms with Crippen molar-refractivity contribution in [1.82, 2.24) is 20.2 Å². The molecule has 2 heterocycles. The molecular formula is C30H28F6N5O2+. The second-order valence-electron chi connectivity index (χ2n) is 10.5. The van der Waals surface area contributed by atoms with Crippen LogP contribution in [0.4, 0.5) is 26.3 Å². The standard InChI is InChI=1S/C30H28F6N5O2/c1-2-40-38-27(37-39-40)21-5-3-20(4-6-21)19-41(43)17-15-24(16-18-41)28(42,22-7-11-25(12-8-22)29(31,32)33)23-9-13-26(14-10-23)30(34,35)36/h3-15,42-43H,2,16-19H2,1H3/q+1. The van der Waals surface area contributed by atoms with E-state index in [9.17, 15) is 36.7 Å². The molecule has 4 aromatic rings. The first-order valence-electron chi connectivity index (χ1n) is 13.4. The van der Waals surface area contributed by atoms with Gasteiger partial charge in [0.1, 0.15) is 25.2 Å². The fourth-order valence-electron chi connectivity index (χ4n) is 5.20. The van der Waals surface area contributed by atoms with E-state index in [2.05, 4.69) is 15.4 Å². The minimum Gasteiger partial charge on any atom is -0.376 e. The molecule has 0 fully saturated rings. The summed E-state index contributed by atoms with van der Waals surface area (Å²) in [6.07, 6.45) is -7.49. The number of nitrogens with zero attached hydrogens (tertiary/aromatic N) is 5. The first kappa shape index (κ1) is 30.4. The third-order valence-corrected chi connectivity index (χ3v) is 7.62. The van der Waals surface area contributed by atoms with Crippen LogP contribution < -0.4 is 0 Å². The van der Waals surface area contributed by atoms with E-state index in [0.717, 1.165) is 59.7 Å². The molecule has 1 aliphatic heterocycles. The molecule has 2 N–H and O–H groups in total. The lowest BCUT2D eigenvalue weighted by molar-refractivity contribution is -1.11. The minimum absolute atomic E-state index is 0.0487. The number of quaternary nitrogens is 1. The van der Waals surface area contributed by atoms with Crippen LogP contribution in [0.2, 0.25) is 0 Å². The maximum atomic E-state index is 13.2. The number of hydrogen-bond acceptors (Lipinski definition) is 5. The molecule has 226 valence electrons. The van der Waals surface area contributed by atoms with Gasteiger partial charge in [-0.2, -0.15) is 35.8 Å². The van der Waals surface area contributed by atoms with Gasteiger partial charge in [0.25, 0.3) is 0 Å². The molecule has 0 aliphatic carbocycles. The van der Waals surface area contributed by atoms with Crippen LogP contribution in [0.3, 0.4) is 0 Å². The summed E-state index contributed by atoms with van der Waals surface area (Å²) >= 11 is 0. The van der Waals surface area contributed by atoms with Crippen molar-refractivity contribution < 1.29 is 41.3 Å². The van der Waals surface area contributed by atoms with Crippen molar-refractivity contribution in [3.05, 3.63) is 112 Å². The fourth-order valence-corrected chi connectivity index (χ4v) is 5.20. The molecule has 3 aromatic carbocycles. The molecule has 1 atom stereocenters. The Balaban J connectivity index is 1.42. The Hall–Kier alpha value is -4.07. The Morgan fingerprint density at radius 1 is 0.791 bits per heavy atom. The van der Waals surface area contributed by atoms with Gasteiger partial charge in [0.05, 0.1) is 17.7 Å². The summed E-state index contributed by atoms with van der Waals surface area (Å²) in [5, 5.41) is 35.6. The Morgan fingerprint density at radius 3 is 1.72 bits per heavy atom. The maximum Gasteiger partial charge on any atom is 0.416 e. The largest absolute Gasteiger partial charge is 0.416 e. The van der Waals surface area contributed by atoms with Crippen molar-refractivity contribution in [2.45, 2.75) is 44.4 Å². The number of hydrogen-bond donors (Lipinski definition) is 2. The maximum absolute atomic E-state index is 13.2. The molecule has 5 rings (SSSR count). The summed E-state index contributed by atoms with van der Waals surface area (Å²) in [6.45, 7) is 2.89. The zero-order valence-corrected chi connectivity index (χ0v) is 22.9. The zero-order valence-electron chi connectivity index (χ0n) is 22.9. The average molecular weight is 605 g/mol. The Morgan fingerprint density at radius 2 is 1.30 bits per heavy atom. The zero-order chi connectivity index (χ0) is 31.0. The lowest BCUT2D eigenvalue weighted by Crippen LogP contribution is -2.48. The molecule has 1 aromatic heterocycles. The van der Waals surface area contributed by atoms with Gasteiger partial charge in [-0.05, 0) is 59.2 Å². The van der Waals surface area contributed by atoms with Crippen LogP contribution in [0.5, 0.6) is 0 Å². The number of hydroxylamine groups is 3. The van der Waals surface area contributed by atoms with Crippen molar-refractivity contribution in [3.8, 4) is 11.4 Å². The molecule has 7 nitrogen and oxygen atoms in total. The van der Waals surface area contributed by atoms with Crippen LogP contribution in [-0.4, -0.2) is 48.3 Å². The van der Waals surface area contributed by atoms with Crippen LogP contribution in [-0.2, 0) is 31.0 Å². The molecule has 1 unspecified atom stereocenters. The van der Waals surface area contributed by atoms with Crippen molar-refractivity contribution in [3.63, 3.8) is 0 Å². The second-order valence-corrected chi connectivity index (χ2v) is 10.5. The van der Waals surface area contributed by atoms with Gasteiger partial charge in [-0.15, -0.1) is 10.2 Å². The van der Waals surface area contributed by atoms with Crippen molar-refractivity contribution in [1.29, 1.82) is 0 Å². The summed E-state index contributed by atoms with van der Waals surface area (Å²) in [5.41, 5.74) is -1.82. The second kappa shape index (κ2) is 11.2. The molecule has 0 amide bonds. The molecular weight excluding hydrogens is 576 g/mol. The van der Waals surface area contributed by atoms with Gasteiger partial charge in [0.15, 0.2) is 0 Å². The van der Waals surface area contributed by atoms with E-state index < -0.39 is 33.7 Å². The van der Waals surface area contributed by atoms with Gasteiger partial charge in [0, 0.05) is 17.5 Å². The molecule has 0 bridgehead atoms. The van der Waals surface area contributed by atoms with Crippen LogP contribution >= 0.6 is 0 Å². The lowest BCUT2D eigenvalue weighted by Gasteiger charge is -2.39. The molecule has 13 heteroatoms. The van der Waals surface area contributed by atoms with Crippen molar-refractivity contribution in [2.75, 3.05) is 13.1 Å². The number of rotatable bonds is 7. The first-order chi connectivity index (χ1) is 20.2. The first-order valence-corrected chi connectivity index (χ1v) is 13.4. The van der Waals surface area contributed by atoms with Crippen LogP contribution in [0.25, 0.3) is 11.4 Å². The third kappa shape index (κ3) is 6.33. The molecule has 0 radical (unpaired) electrons. The van der Waals surface area contributed by atoms with E-state index in [4.69, 9.17) is 0 Å². The highest BCUT2D eigenvalue weighted by molar-refractivity contribution is 5.54. The topological polar surface area (TPSA) is 84.1 Å². The van der Waals surface area contributed by atoms with Gasteiger partial charge in [0.2, 0.25) is 5.82 Å². The number of aliphatic hydroxyl groups is 1. The average Bonchev–Trinajstić information content (AvgIpc) is 3.46.